The third-order valence-electron chi connectivity index (χ3n) is 5.04. The van der Waals surface area contributed by atoms with Crippen LogP contribution in [0.1, 0.15) is 18.4 Å². The van der Waals surface area contributed by atoms with E-state index < -0.39 is 12.1 Å². The lowest BCUT2D eigenvalue weighted by Gasteiger charge is -2.42. The minimum absolute atomic E-state index is 0.0742. The predicted molar refractivity (Wildman–Crippen MR) is 95.5 cm³/mol. The fourth-order valence-corrected chi connectivity index (χ4v) is 7.06. The number of nitrogens with two attached hydrogens (primary N) is 1. The molecule has 0 radical (unpaired) electrons. The normalized spacial score (nSPS) is 30.8. The number of fused-ring (bicyclic) bond motifs is 1. The second kappa shape index (κ2) is 6.28. The molecule has 0 saturated carbocycles. The van der Waals surface area contributed by atoms with E-state index in [1.54, 1.807) is 16.7 Å². The minimum atomic E-state index is -0.496. The summed E-state index contributed by atoms with van der Waals surface area (Å²) in [5, 5.41) is -0.0742. The van der Waals surface area contributed by atoms with Gasteiger partial charge in [0, 0.05) is 0 Å². The van der Waals surface area contributed by atoms with Gasteiger partial charge in [0.2, 0.25) is 5.91 Å². The zero-order chi connectivity index (χ0) is 16.7. The molecule has 1 aromatic carbocycles. The Morgan fingerprint density at radius 1 is 1.29 bits per heavy atom. The van der Waals surface area contributed by atoms with Crippen molar-refractivity contribution in [3.8, 4) is 0 Å². The second-order valence-electron chi connectivity index (χ2n) is 6.45. The third-order valence-corrected chi connectivity index (χ3v) is 7.89. The van der Waals surface area contributed by atoms with Gasteiger partial charge in [-0.05, 0) is 29.9 Å². The summed E-state index contributed by atoms with van der Waals surface area (Å²) in [7, 11) is 0. The number of carbonyl (C=O) groups is 2. The summed E-state index contributed by atoms with van der Waals surface area (Å²) in [4.78, 5) is 26.8. The van der Waals surface area contributed by atoms with Crippen LogP contribution in [0, 0.1) is 0 Å². The first-order valence-corrected chi connectivity index (χ1v) is 10.2. The number of carbonyl (C=O) groups excluding carboxylic acids is 2. The molecule has 1 spiro atoms. The fourth-order valence-electron chi connectivity index (χ4n) is 3.72. The molecule has 0 aliphatic carbocycles. The van der Waals surface area contributed by atoms with Gasteiger partial charge in [-0.2, -0.15) is 11.8 Å². The van der Waals surface area contributed by atoms with Gasteiger partial charge in [-0.15, -0.1) is 11.8 Å². The Morgan fingerprint density at radius 2 is 2.00 bits per heavy atom. The summed E-state index contributed by atoms with van der Waals surface area (Å²) in [6.07, 6.45) is 1.83. The largest absolute Gasteiger partial charge is 0.459 e. The van der Waals surface area contributed by atoms with E-state index in [4.69, 9.17) is 10.5 Å². The number of ether oxygens (including phenoxy) is 1. The van der Waals surface area contributed by atoms with Crippen molar-refractivity contribution in [3.63, 3.8) is 0 Å². The van der Waals surface area contributed by atoms with Crippen molar-refractivity contribution in [1.29, 1.82) is 0 Å². The van der Waals surface area contributed by atoms with Crippen molar-refractivity contribution in [2.45, 2.75) is 41.7 Å². The third kappa shape index (κ3) is 2.53. The number of hydrogen-bond donors (Lipinski definition) is 1. The van der Waals surface area contributed by atoms with Gasteiger partial charge in [0.05, 0.1) is 4.75 Å². The lowest BCUT2D eigenvalue weighted by molar-refractivity contribution is -0.164. The van der Waals surface area contributed by atoms with Gasteiger partial charge in [-0.1, -0.05) is 30.3 Å². The Morgan fingerprint density at radius 3 is 2.71 bits per heavy atom. The van der Waals surface area contributed by atoms with E-state index in [9.17, 15) is 9.59 Å². The number of benzene rings is 1. The number of thioether (sulfide) groups is 2. The van der Waals surface area contributed by atoms with E-state index in [2.05, 4.69) is 0 Å². The van der Waals surface area contributed by atoms with Gasteiger partial charge in [0.25, 0.3) is 0 Å². The smallest absolute Gasteiger partial charge is 0.330 e. The summed E-state index contributed by atoms with van der Waals surface area (Å²) in [6, 6.07) is 8.65. The molecule has 0 bridgehead atoms. The maximum Gasteiger partial charge on any atom is 0.330 e. The van der Waals surface area contributed by atoms with E-state index >= 15 is 0 Å². The molecule has 3 heterocycles. The molecule has 0 aromatic heterocycles. The molecule has 1 amide bonds. The van der Waals surface area contributed by atoms with Crippen LogP contribution in [0.25, 0.3) is 0 Å². The molecule has 4 rings (SSSR count). The maximum absolute atomic E-state index is 12.9. The first-order valence-electron chi connectivity index (χ1n) is 8.16. The van der Waals surface area contributed by atoms with Crippen LogP contribution < -0.4 is 5.73 Å². The van der Waals surface area contributed by atoms with Gasteiger partial charge in [-0.3, -0.25) is 4.79 Å². The van der Waals surface area contributed by atoms with Crippen molar-refractivity contribution < 1.29 is 14.3 Å². The predicted octanol–water partition coefficient (Wildman–Crippen LogP) is 1.61. The topological polar surface area (TPSA) is 72.6 Å². The van der Waals surface area contributed by atoms with Gasteiger partial charge >= 0.3 is 5.97 Å². The van der Waals surface area contributed by atoms with Crippen molar-refractivity contribution in [3.05, 3.63) is 35.9 Å². The highest BCUT2D eigenvalue weighted by Crippen LogP contribution is 2.56. The molecule has 3 fully saturated rings. The molecule has 3 aliphatic heterocycles. The average Bonchev–Trinajstić information content (AvgIpc) is 2.92. The Bertz CT molecular complexity index is 648. The highest BCUT2D eigenvalue weighted by Gasteiger charge is 2.66. The Hall–Kier alpha value is -1.18. The van der Waals surface area contributed by atoms with Crippen molar-refractivity contribution >= 4 is 35.4 Å². The zero-order valence-corrected chi connectivity index (χ0v) is 14.9. The van der Waals surface area contributed by atoms with Gasteiger partial charge in [-0.25, -0.2) is 4.79 Å². The number of hydrogen-bond acceptors (Lipinski definition) is 6. The molecule has 5 nitrogen and oxygen atoms in total. The van der Waals surface area contributed by atoms with Gasteiger partial charge in [0.1, 0.15) is 24.1 Å². The van der Waals surface area contributed by atoms with Gasteiger partial charge < -0.3 is 15.4 Å². The first kappa shape index (κ1) is 16.3. The Kier molecular flexibility index (Phi) is 4.26. The molecule has 7 heteroatoms. The molecular formula is C17H20N2O3S2. The highest BCUT2D eigenvalue weighted by molar-refractivity contribution is 8.02. The number of amides is 1. The number of esters is 1. The van der Waals surface area contributed by atoms with Crippen molar-refractivity contribution in [1.82, 2.24) is 4.90 Å². The molecule has 1 aromatic rings. The van der Waals surface area contributed by atoms with E-state index in [1.807, 2.05) is 42.1 Å². The first-order chi connectivity index (χ1) is 11.6. The molecular weight excluding hydrogens is 344 g/mol. The molecule has 24 heavy (non-hydrogen) atoms. The quantitative estimate of drug-likeness (QED) is 0.649. The minimum Gasteiger partial charge on any atom is -0.459 e. The van der Waals surface area contributed by atoms with Crippen LogP contribution in [0.2, 0.25) is 0 Å². The fraction of sp³-hybridized carbons (Fsp3) is 0.529. The number of β-lactam (4-membered cyclic amide) rings is 1. The van der Waals surface area contributed by atoms with Gasteiger partial charge in [0.15, 0.2) is 0 Å². The molecule has 3 aliphatic rings. The van der Waals surface area contributed by atoms with E-state index in [0.717, 1.165) is 29.9 Å². The summed E-state index contributed by atoms with van der Waals surface area (Å²) in [5.41, 5.74) is 6.91. The average molecular weight is 364 g/mol. The molecule has 3 atom stereocenters. The van der Waals surface area contributed by atoms with Crippen molar-refractivity contribution in [2.24, 2.45) is 5.73 Å². The lowest BCUT2D eigenvalue weighted by Crippen LogP contribution is -2.69. The standard InChI is InChI=1S/C17H20N2O3S2/c18-12-14(20)19-13(16(21)22-10-11-4-2-1-3-5-11)17(24-15(12)19)6-8-23-9-7-17/h1-5,12-13,15H,6-10,18H2/t12?,13?,15-/m1/s1. The highest BCUT2D eigenvalue weighted by atomic mass is 32.2. The molecule has 2 unspecified atom stereocenters. The number of rotatable bonds is 3. The van der Waals surface area contributed by atoms with Crippen LogP contribution in [0.3, 0.4) is 0 Å². The van der Waals surface area contributed by atoms with Crippen LogP contribution in [-0.2, 0) is 20.9 Å². The second-order valence-corrected chi connectivity index (χ2v) is 9.21. The van der Waals surface area contributed by atoms with E-state index in [1.165, 1.54) is 0 Å². The molecule has 3 saturated heterocycles. The maximum atomic E-state index is 12.9. The summed E-state index contributed by atoms with van der Waals surface area (Å²) in [5.74, 6) is 1.61. The SMILES string of the molecule is NC1C(=O)N2C(C(=O)OCc3ccccc3)C3(CCSCC3)S[C@H]12. The Labute approximate surface area is 149 Å². The van der Waals surface area contributed by atoms with Crippen LogP contribution in [-0.4, -0.2) is 50.5 Å². The zero-order valence-electron chi connectivity index (χ0n) is 13.2. The lowest BCUT2D eigenvalue weighted by atomic mass is 9.89. The molecule has 2 N–H and O–H groups in total. The van der Waals surface area contributed by atoms with E-state index in [0.29, 0.717) is 0 Å². The van der Waals surface area contributed by atoms with Crippen molar-refractivity contribution in [2.75, 3.05) is 11.5 Å². The van der Waals surface area contributed by atoms with E-state index in [-0.39, 0.29) is 28.6 Å². The summed E-state index contributed by atoms with van der Waals surface area (Å²) >= 11 is 3.62. The summed E-state index contributed by atoms with van der Waals surface area (Å²) < 4.78 is 5.35. The Balaban J connectivity index is 1.53. The van der Waals surface area contributed by atoms with Crippen LogP contribution in [0.4, 0.5) is 0 Å². The van der Waals surface area contributed by atoms with Crippen LogP contribution >= 0.6 is 23.5 Å². The van der Waals surface area contributed by atoms with Crippen LogP contribution in [0.5, 0.6) is 0 Å². The summed E-state index contributed by atoms with van der Waals surface area (Å²) in [6.45, 7) is 0.240. The number of nitrogens with zero attached hydrogens (tertiary/aromatic N) is 1. The monoisotopic (exact) mass is 364 g/mol. The van der Waals surface area contributed by atoms with Crippen LogP contribution in [0.15, 0.2) is 30.3 Å². The molecule has 128 valence electrons.